The van der Waals surface area contributed by atoms with Crippen LogP contribution in [-0.4, -0.2) is 16.0 Å². The fourth-order valence-corrected chi connectivity index (χ4v) is 2.48. The van der Waals surface area contributed by atoms with E-state index in [0.29, 0.717) is 16.3 Å². The van der Waals surface area contributed by atoms with Gasteiger partial charge in [-0.05, 0) is 24.3 Å². The molecule has 0 fully saturated rings. The summed E-state index contributed by atoms with van der Waals surface area (Å²) in [5, 5.41) is 7.10. The van der Waals surface area contributed by atoms with Crippen molar-refractivity contribution in [1.29, 1.82) is 0 Å². The monoisotopic (exact) mass is 379 g/mol. The van der Waals surface area contributed by atoms with Gasteiger partial charge in [-0.3, -0.25) is 4.79 Å². The molecule has 0 saturated heterocycles. The molecule has 3 rings (SSSR count). The molecule has 5 nitrogen and oxygen atoms in total. The second-order valence-electron chi connectivity index (χ2n) is 5.17. The van der Waals surface area contributed by atoms with Crippen molar-refractivity contribution >= 4 is 34.8 Å². The van der Waals surface area contributed by atoms with Crippen molar-refractivity contribution in [1.82, 2.24) is 10.1 Å². The summed E-state index contributed by atoms with van der Waals surface area (Å²) in [7, 11) is 0. The number of carbonyl (C=O) groups is 1. The van der Waals surface area contributed by atoms with Crippen LogP contribution in [0.3, 0.4) is 0 Å². The van der Waals surface area contributed by atoms with Gasteiger partial charge < -0.3 is 9.84 Å². The predicted molar refractivity (Wildman–Crippen MR) is 93.1 cm³/mol. The van der Waals surface area contributed by atoms with Crippen molar-refractivity contribution in [2.24, 2.45) is 0 Å². The summed E-state index contributed by atoms with van der Waals surface area (Å²) in [5.41, 5.74) is 0.940. The minimum absolute atomic E-state index is 0.119. The molecule has 2 aromatic carbocycles. The van der Waals surface area contributed by atoms with Crippen LogP contribution in [-0.2, 0) is 11.2 Å². The first kappa shape index (κ1) is 17.4. The molecule has 128 valence electrons. The van der Waals surface area contributed by atoms with E-state index in [1.54, 1.807) is 30.3 Å². The first-order valence-electron chi connectivity index (χ1n) is 7.35. The highest BCUT2D eigenvalue weighted by molar-refractivity contribution is 6.43. The van der Waals surface area contributed by atoms with Gasteiger partial charge in [-0.1, -0.05) is 46.6 Å². The molecule has 1 N–H and O–H groups in total. The number of rotatable bonds is 5. The third-order valence-electron chi connectivity index (χ3n) is 3.34. The van der Waals surface area contributed by atoms with E-state index in [0.717, 1.165) is 0 Å². The molecule has 0 aliphatic carbocycles. The van der Waals surface area contributed by atoms with Gasteiger partial charge in [0, 0.05) is 18.4 Å². The molecule has 1 aromatic heterocycles. The summed E-state index contributed by atoms with van der Waals surface area (Å²) in [5.74, 6) is -0.101. The quantitative estimate of drug-likeness (QED) is 0.694. The highest BCUT2D eigenvalue weighted by atomic mass is 35.5. The number of anilines is 1. The van der Waals surface area contributed by atoms with Crippen LogP contribution in [0.4, 0.5) is 10.1 Å². The zero-order chi connectivity index (χ0) is 17.8. The van der Waals surface area contributed by atoms with E-state index in [-0.39, 0.29) is 41.3 Å². The fraction of sp³-hybridized carbons (Fsp3) is 0.118. The van der Waals surface area contributed by atoms with E-state index >= 15 is 0 Å². The van der Waals surface area contributed by atoms with E-state index < -0.39 is 0 Å². The summed E-state index contributed by atoms with van der Waals surface area (Å²) < 4.78 is 18.3. The van der Waals surface area contributed by atoms with Crippen molar-refractivity contribution in [2.45, 2.75) is 12.8 Å². The number of benzene rings is 2. The predicted octanol–water partition coefficient (Wildman–Crippen LogP) is 4.75. The molecule has 0 saturated carbocycles. The maximum absolute atomic E-state index is 13.2. The third-order valence-corrected chi connectivity index (χ3v) is 4.16. The number of aromatic nitrogens is 2. The molecule has 0 spiro atoms. The summed E-state index contributed by atoms with van der Waals surface area (Å²) in [6.45, 7) is 0. The highest BCUT2D eigenvalue weighted by Gasteiger charge is 2.13. The van der Waals surface area contributed by atoms with Gasteiger partial charge in [0.1, 0.15) is 5.82 Å². The second kappa shape index (κ2) is 7.63. The zero-order valence-electron chi connectivity index (χ0n) is 12.8. The molecular formula is C17H12Cl2FN3O2. The molecule has 0 unspecified atom stereocenters. The van der Waals surface area contributed by atoms with Crippen molar-refractivity contribution in [3.8, 4) is 11.4 Å². The molecule has 1 amide bonds. The number of hydrogen-bond donors (Lipinski definition) is 1. The average Bonchev–Trinajstić information content (AvgIpc) is 3.06. The molecule has 0 atom stereocenters. The lowest BCUT2D eigenvalue weighted by molar-refractivity contribution is -0.116. The molecule has 25 heavy (non-hydrogen) atoms. The van der Waals surface area contributed by atoms with Crippen LogP contribution in [0.1, 0.15) is 12.3 Å². The van der Waals surface area contributed by atoms with Crippen LogP contribution in [0.5, 0.6) is 0 Å². The number of amides is 1. The Bertz CT molecular complexity index is 914. The number of carbonyl (C=O) groups excluding carboxylic acids is 1. The maximum Gasteiger partial charge on any atom is 0.227 e. The topological polar surface area (TPSA) is 68.0 Å². The molecule has 0 aliphatic heterocycles. The smallest absolute Gasteiger partial charge is 0.227 e. The molecule has 0 aliphatic rings. The second-order valence-corrected chi connectivity index (χ2v) is 5.96. The Hall–Kier alpha value is -2.44. The number of nitrogens with one attached hydrogen (secondary N) is 1. The minimum Gasteiger partial charge on any atom is -0.339 e. The van der Waals surface area contributed by atoms with Gasteiger partial charge in [-0.15, -0.1) is 0 Å². The Morgan fingerprint density at radius 1 is 1.20 bits per heavy atom. The van der Waals surface area contributed by atoms with E-state index in [2.05, 4.69) is 15.5 Å². The molecule has 3 aromatic rings. The Kier molecular flexibility index (Phi) is 5.31. The van der Waals surface area contributed by atoms with Crippen molar-refractivity contribution < 1.29 is 13.7 Å². The zero-order valence-corrected chi connectivity index (χ0v) is 14.3. The molecule has 1 heterocycles. The van der Waals surface area contributed by atoms with E-state index in [1.165, 1.54) is 12.1 Å². The van der Waals surface area contributed by atoms with E-state index in [9.17, 15) is 9.18 Å². The summed E-state index contributed by atoms with van der Waals surface area (Å²) >= 11 is 11.9. The summed E-state index contributed by atoms with van der Waals surface area (Å²) in [6.07, 6.45) is 0.361. The van der Waals surface area contributed by atoms with Crippen molar-refractivity contribution in [3.63, 3.8) is 0 Å². The highest BCUT2D eigenvalue weighted by Crippen LogP contribution is 2.29. The van der Waals surface area contributed by atoms with Crippen molar-refractivity contribution in [2.75, 3.05) is 5.32 Å². The van der Waals surface area contributed by atoms with Gasteiger partial charge in [0.05, 0.1) is 15.7 Å². The minimum atomic E-state index is -0.387. The summed E-state index contributed by atoms with van der Waals surface area (Å²) in [6, 6.07) is 10.8. The van der Waals surface area contributed by atoms with Crippen LogP contribution < -0.4 is 5.32 Å². The molecular weight excluding hydrogens is 368 g/mol. The lowest BCUT2D eigenvalue weighted by Gasteiger charge is -2.07. The van der Waals surface area contributed by atoms with E-state index in [1.807, 2.05) is 0 Å². The van der Waals surface area contributed by atoms with Crippen molar-refractivity contribution in [3.05, 3.63) is 64.2 Å². The molecule has 0 bridgehead atoms. The average molecular weight is 380 g/mol. The molecule has 8 heteroatoms. The van der Waals surface area contributed by atoms with Gasteiger partial charge in [0.25, 0.3) is 0 Å². The lowest BCUT2D eigenvalue weighted by Crippen LogP contribution is -2.12. The van der Waals surface area contributed by atoms with Crippen LogP contribution in [0.25, 0.3) is 11.4 Å². The lowest BCUT2D eigenvalue weighted by atomic mass is 10.2. The van der Waals surface area contributed by atoms with Crippen LogP contribution in [0.15, 0.2) is 47.0 Å². The number of hydrogen-bond acceptors (Lipinski definition) is 4. The van der Waals surface area contributed by atoms with Gasteiger partial charge in [-0.2, -0.15) is 4.98 Å². The first-order valence-corrected chi connectivity index (χ1v) is 8.11. The maximum atomic E-state index is 13.2. The van der Waals surface area contributed by atoms with Crippen LogP contribution in [0, 0.1) is 5.82 Å². The van der Waals surface area contributed by atoms with Gasteiger partial charge in [-0.25, -0.2) is 4.39 Å². The number of nitrogens with zero attached hydrogens (tertiary/aromatic N) is 2. The Morgan fingerprint density at radius 2 is 2.00 bits per heavy atom. The van der Waals surface area contributed by atoms with Gasteiger partial charge >= 0.3 is 0 Å². The number of aryl methyl sites for hydroxylation is 1. The van der Waals surface area contributed by atoms with Crippen LogP contribution >= 0.6 is 23.2 Å². The third kappa shape index (κ3) is 4.35. The Morgan fingerprint density at radius 3 is 2.80 bits per heavy atom. The Balaban J connectivity index is 1.60. The van der Waals surface area contributed by atoms with Gasteiger partial charge in [0.15, 0.2) is 0 Å². The van der Waals surface area contributed by atoms with E-state index in [4.69, 9.17) is 27.7 Å². The SMILES string of the molecule is O=C(CCc1nc(-c2cccc(F)c2)no1)Nc1cccc(Cl)c1Cl. The fourth-order valence-electron chi connectivity index (χ4n) is 2.13. The largest absolute Gasteiger partial charge is 0.339 e. The normalized spacial score (nSPS) is 10.7. The molecule has 0 radical (unpaired) electrons. The standard InChI is InChI=1S/C17H12Cl2FN3O2/c18-12-5-2-6-13(16(12)19)21-14(24)7-8-15-22-17(23-25-15)10-3-1-4-11(20)9-10/h1-6,9H,7-8H2,(H,21,24). The van der Waals surface area contributed by atoms with Crippen LogP contribution in [0.2, 0.25) is 10.0 Å². The number of halogens is 3. The summed E-state index contributed by atoms with van der Waals surface area (Å²) in [4.78, 5) is 16.2. The van der Waals surface area contributed by atoms with Gasteiger partial charge in [0.2, 0.25) is 17.6 Å². The Labute approximate surface area is 152 Å². The first-order chi connectivity index (χ1) is 12.0.